The standard InChI is InChI=1S/C18H20N6O4S/c1-9(25)14(17(27)28-2)22-16(26)12-8-19-18(29-3)23-15(12)21-11-4-5-13-10(6-11)7-20-24-13/h4-9,14,25H,1-3H3,(H,20,24)(H,22,26)(H,19,21,23)/t9-,14+/m1/s1. The van der Waals surface area contributed by atoms with Crippen molar-refractivity contribution in [3.8, 4) is 0 Å². The maximum absolute atomic E-state index is 12.8. The van der Waals surface area contributed by atoms with Crippen LogP contribution in [0.1, 0.15) is 17.3 Å². The van der Waals surface area contributed by atoms with Crippen molar-refractivity contribution in [1.82, 2.24) is 25.5 Å². The van der Waals surface area contributed by atoms with Gasteiger partial charge in [0.2, 0.25) is 0 Å². The number of amides is 1. The summed E-state index contributed by atoms with van der Waals surface area (Å²) in [5.41, 5.74) is 1.68. The third-order valence-corrected chi connectivity index (χ3v) is 4.68. The van der Waals surface area contributed by atoms with Crippen LogP contribution in [0, 0.1) is 0 Å². The lowest BCUT2D eigenvalue weighted by Gasteiger charge is -2.19. The minimum absolute atomic E-state index is 0.115. The molecule has 0 radical (unpaired) electrons. The Labute approximate surface area is 170 Å². The van der Waals surface area contributed by atoms with Crippen LogP contribution in [0.5, 0.6) is 0 Å². The number of rotatable bonds is 7. The number of aromatic amines is 1. The maximum atomic E-state index is 12.8. The molecule has 0 aliphatic heterocycles. The summed E-state index contributed by atoms with van der Waals surface area (Å²) < 4.78 is 4.63. The van der Waals surface area contributed by atoms with Crippen molar-refractivity contribution in [1.29, 1.82) is 0 Å². The van der Waals surface area contributed by atoms with E-state index in [0.29, 0.717) is 10.8 Å². The molecule has 11 heteroatoms. The van der Waals surface area contributed by atoms with Gasteiger partial charge in [0, 0.05) is 17.3 Å². The molecule has 0 aliphatic rings. The Balaban J connectivity index is 1.91. The van der Waals surface area contributed by atoms with E-state index in [4.69, 9.17) is 0 Å². The molecule has 0 saturated carbocycles. The summed E-state index contributed by atoms with van der Waals surface area (Å²) in [6.45, 7) is 1.38. The average Bonchev–Trinajstić information content (AvgIpc) is 3.18. The summed E-state index contributed by atoms with van der Waals surface area (Å²) >= 11 is 1.32. The zero-order valence-electron chi connectivity index (χ0n) is 16.0. The Morgan fingerprint density at radius 2 is 2.10 bits per heavy atom. The highest BCUT2D eigenvalue weighted by atomic mass is 32.2. The number of methoxy groups -OCH3 is 1. The molecule has 2 aromatic heterocycles. The largest absolute Gasteiger partial charge is 0.467 e. The highest BCUT2D eigenvalue weighted by Crippen LogP contribution is 2.24. The van der Waals surface area contributed by atoms with Gasteiger partial charge in [-0.3, -0.25) is 9.89 Å². The van der Waals surface area contributed by atoms with Crippen LogP contribution in [0.4, 0.5) is 11.5 Å². The molecule has 2 heterocycles. The van der Waals surface area contributed by atoms with E-state index in [-0.39, 0.29) is 11.4 Å². The summed E-state index contributed by atoms with van der Waals surface area (Å²) in [7, 11) is 1.18. The lowest BCUT2D eigenvalue weighted by molar-refractivity contribution is -0.145. The number of fused-ring (bicyclic) bond motifs is 1. The van der Waals surface area contributed by atoms with Gasteiger partial charge in [-0.25, -0.2) is 14.8 Å². The van der Waals surface area contributed by atoms with Crippen molar-refractivity contribution in [3.63, 3.8) is 0 Å². The normalized spacial score (nSPS) is 13.0. The van der Waals surface area contributed by atoms with Gasteiger partial charge in [0.1, 0.15) is 11.4 Å². The first-order valence-electron chi connectivity index (χ1n) is 8.61. The smallest absolute Gasteiger partial charge is 0.331 e. The average molecular weight is 416 g/mol. The number of benzene rings is 1. The molecule has 0 bridgehead atoms. The third kappa shape index (κ3) is 4.63. The molecule has 3 aromatic rings. The zero-order chi connectivity index (χ0) is 21.0. The molecule has 152 valence electrons. The van der Waals surface area contributed by atoms with Crippen LogP contribution in [0.25, 0.3) is 10.9 Å². The molecular formula is C18H20N6O4S. The minimum atomic E-state index is -1.22. The molecule has 1 aromatic carbocycles. The number of aliphatic hydroxyl groups is 1. The Morgan fingerprint density at radius 1 is 1.31 bits per heavy atom. The quantitative estimate of drug-likeness (QED) is 0.256. The van der Waals surface area contributed by atoms with E-state index in [1.807, 2.05) is 24.5 Å². The molecular weight excluding hydrogens is 396 g/mol. The van der Waals surface area contributed by atoms with E-state index < -0.39 is 24.0 Å². The number of nitrogens with one attached hydrogen (secondary N) is 3. The molecule has 0 fully saturated rings. The molecule has 0 unspecified atom stereocenters. The maximum Gasteiger partial charge on any atom is 0.331 e. The number of nitrogens with zero attached hydrogens (tertiary/aromatic N) is 3. The fraction of sp³-hybridized carbons (Fsp3) is 0.278. The number of carbonyl (C=O) groups excluding carboxylic acids is 2. The molecule has 10 nitrogen and oxygen atoms in total. The number of aromatic nitrogens is 4. The van der Waals surface area contributed by atoms with Gasteiger partial charge < -0.3 is 20.5 Å². The Kier molecular flexibility index (Phi) is 6.29. The number of hydrogen-bond donors (Lipinski definition) is 4. The van der Waals surface area contributed by atoms with Gasteiger partial charge >= 0.3 is 5.97 Å². The van der Waals surface area contributed by atoms with Gasteiger partial charge in [-0.05, 0) is 31.4 Å². The molecule has 3 rings (SSSR count). The second kappa shape index (κ2) is 8.88. The van der Waals surface area contributed by atoms with E-state index in [1.54, 1.807) is 6.20 Å². The van der Waals surface area contributed by atoms with Crippen LogP contribution < -0.4 is 10.6 Å². The Bertz CT molecular complexity index is 1040. The lowest BCUT2D eigenvalue weighted by atomic mass is 10.1. The van der Waals surface area contributed by atoms with Crippen LogP contribution in [-0.4, -0.2) is 62.7 Å². The monoisotopic (exact) mass is 416 g/mol. The summed E-state index contributed by atoms with van der Waals surface area (Å²) in [4.78, 5) is 33.1. The van der Waals surface area contributed by atoms with Gasteiger partial charge in [0.15, 0.2) is 11.2 Å². The predicted octanol–water partition coefficient (Wildman–Crippen LogP) is 1.47. The first-order valence-corrected chi connectivity index (χ1v) is 9.83. The Morgan fingerprint density at radius 3 is 2.79 bits per heavy atom. The van der Waals surface area contributed by atoms with Crippen LogP contribution in [0.3, 0.4) is 0 Å². The van der Waals surface area contributed by atoms with Crippen LogP contribution in [0.2, 0.25) is 0 Å². The first kappa shape index (κ1) is 20.6. The SMILES string of the molecule is COC(=O)[C@@H](NC(=O)c1cnc(SC)nc1Nc1ccc2[nH]ncc2c1)[C@@H](C)O. The summed E-state index contributed by atoms with van der Waals surface area (Å²) in [5.74, 6) is -1.12. The topological polar surface area (TPSA) is 142 Å². The zero-order valence-corrected chi connectivity index (χ0v) is 16.8. The minimum Gasteiger partial charge on any atom is -0.467 e. The van der Waals surface area contributed by atoms with Crippen molar-refractivity contribution < 1.29 is 19.4 Å². The van der Waals surface area contributed by atoms with Gasteiger partial charge in [-0.1, -0.05) is 11.8 Å². The molecule has 4 N–H and O–H groups in total. The number of ether oxygens (including phenoxy) is 1. The van der Waals surface area contributed by atoms with Crippen molar-refractivity contribution in [2.24, 2.45) is 0 Å². The summed E-state index contributed by atoms with van der Waals surface area (Å²) in [6.07, 6.45) is 3.73. The van der Waals surface area contributed by atoms with Gasteiger partial charge in [0.05, 0.1) is 24.9 Å². The number of carbonyl (C=O) groups is 2. The molecule has 0 spiro atoms. The highest BCUT2D eigenvalue weighted by molar-refractivity contribution is 7.98. The van der Waals surface area contributed by atoms with E-state index in [0.717, 1.165) is 10.9 Å². The fourth-order valence-electron chi connectivity index (χ4n) is 2.61. The van der Waals surface area contributed by atoms with Gasteiger partial charge in [0.25, 0.3) is 5.91 Å². The van der Waals surface area contributed by atoms with Crippen LogP contribution in [0.15, 0.2) is 35.7 Å². The fourth-order valence-corrected chi connectivity index (χ4v) is 2.95. The summed E-state index contributed by atoms with van der Waals surface area (Å²) in [5, 5.41) is 23.6. The molecule has 2 atom stereocenters. The molecule has 0 saturated heterocycles. The van der Waals surface area contributed by atoms with Gasteiger partial charge in [-0.2, -0.15) is 5.10 Å². The molecule has 0 aliphatic carbocycles. The number of thioether (sulfide) groups is 1. The second-order valence-electron chi connectivity index (χ2n) is 6.13. The van der Waals surface area contributed by atoms with Crippen molar-refractivity contribution in [3.05, 3.63) is 36.2 Å². The second-order valence-corrected chi connectivity index (χ2v) is 6.90. The van der Waals surface area contributed by atoms with Crippen LogP contribution >= 0.6 is 11.8 Å². The van der Waals surface area contributed by atoms with E-state index in [9.17, 15) is 14.7 Å². The lowest BCUT2D eigenvalue weighted by Crippen LogP contribution is -2.48. The summed E-state index contributed by atoms with van der Waals surface area (Å²) in [6, 6.07) is 4.30. The van der Waals surface area contributed by atoms with Crippen molar-refractivity contribution >= 4 is 46.0 Å². The molecule has 1 amide bonds. The number of H-pyrrole nitrogens is 1. The van der Waals surface area contributed by atoms with Crippen molar-refractivity contribution in [2.75, 3.05) is 18.7 Å². The highest BCUT2D eigenvalue weighted by Gasteiger charge is 2.28. The predicted molar refractivity (Wildman–Crippen MR) is 108 cm³/mol. The van der Waals surface area contributed by atoms with E-state index >= 15 is 0 Å². The number of aliphatic hydroxyl groups excluding tert-OH is 1. The third-order valence-electron chi connectivity index (χ3n) is 4.12. The van der Waals surface area contributed by atoms with Gasteiger partial charge in [-0.15, -0.1) is 0 Å². The van der Waals surface area contributed by atoms with E-state index in [1.165, 1.54) is 32.0 Å². The Hall–Kier alpha value is -3.18. The van der Waals surface area contributed by atoms with E-state index in [2.05, 4.69) is 35.5 Å². The molecule has 29 heavy (non-hydrogen) atoms. The first-order chi connectivity index (χ1) is 13.9. The van der Waals surface area contributed by atoms with Crippen LogP contribution in [-0.2, 0) is 9.53 Å². The number of hydrogen-bond acceptors (Lipinski definition) is 9. The van der Waals surface area contributed by atoms with Crippen molar-refractivity contribution in [2.45, 2.75) is 24.2 Å². The number of anilines is 2. The number of esters is 1.